The zero-order chi connectivity index (χ0) is 17.9. The minimum atomic E-state index is -2.41. The summed E-state index contributed by atoms with van der Waals surface area (Å²) < 4.78 is 7.02. The van der Waals surface area contributed by atoms with E-state index in [0.29, 0.717) is 6.54 Å². The summed E-state index contributed by atoms with van der Waals surface area (Å²) in [6.07, 6.45) is 5.69. The lowest BCUT2D eigenvalue weighted by molar-refractivity contribution is 0.0226. The summed E-state index contributed by atoms with van der Waals surface area (Å²) in [5, 5.41) is 2.70. The number of terminal acetylenes is 1. The number of hydrogen-bond donors (Lipinski definition) is 0. The second kappa shape index (κ2) is 7.17. The predicted octanol–water partition coefficient (Wildman–Crippen LogP) is 2.88. The molecule has 3 rings (SSSR count). The molecule has 0 amide bonds. The molecule has 0 aromatic heterocycles. The van der Waals surface area contributed by atoms with Crippen LogP contribution < -0.4 is 10.4 Å². The van der Waals surface area contributed by atoms with Gasteiger partial charge in [0.05, 0.1) is 12.6 Å². The molecule has 1 heterocycles. The van der Waals surface area contributed by atoms with Crippen molar-refractivity contribution in [1.29, 1.82) is 0 Å². The molecule has 130 valence electrons. The van der Waals surface area contributed by atoms with E-state index in [1.807, 2.05) is 0 Å². The molecule has 2 aromatic rings. The first-order valence-corrected chi connectivity index (χ1v) is 10.8. The van der Waals surface area contributed by atoms with Gasteiger partial charge in [0.2, 0.25) is 0 Å². The van der Waals surface area contributed by atoms with Crippen LogP contribution in [0.15, 0.2) is 60.7 Å². The third-order valence-corrected chi connectivity index (χ3v) is 10.1. The Morgan fingerprint density at radius 2 is 1.48 bits per heavy atom. The molecule has 1 fully saturated rings. The number of nitrogens with zero attached hydrogens (tertiary/aromatic N) is 1. The van der Waals surface area contributed by atoms with E-state index in [-0.39, 0.29) is 11.1 Å². The first-order valence-electron chi connectivity index (χ1n) is 8.92. The maximum absolute atomic E-state index is 7.02. The fourth-order valence-electron chi connectivity index (χ4n) is 3.80. The maximum atomic E-state index is 7.02. The number of hydrogen-bond acceptors (Lipinski definition) is 2. The van der Waals surface area contributed by atoms with Crippen molar-refractivity contribution < 1.29 is 4.43 Å². The van der Waals surface area contributed by atoms with Gasteiger partial charge in [-0.2, -0.15) is 0 Å². The van der Waals surface area contributed by atoms with Crippen LogP contribution in [0.4, 0.5) is 0 Å². The van der Waals surface area contributed by atoms with Gasteiger partial charge in [-0.1, -0.05) is 87.4 Å². The van der Waals surface area contributed by atoms with Gasteiger partial charge in [-0.25, -0.2) is 0 Å². The molecule has 1 saturated heterocycles. The standard InChI is InChI=1S/C22H27NOSi/c1-5-16-23-17-19(18-23)24-25(22(2,3)4,20-12-8-6-9-13-20)21-14-10-7-11-15-21/h1,6-15,19H,16-18H2,2-4H3. The highest BCUT2D eigenvalue weighted by Crippen LogP contribution is 2.38. The van der Waals surface area contributed by atoms with Gasteiger partial charge in [0.1, 0.15) is 0 Å². The molecule has 0 atom stereocenters. The fourth-order valence-corrected chi connectivity index (χ4v) is 8.46. The summed E-state index contributed by atoms with van der Waals surface area (Å²) >= 11 is 0. The molecule has 0 aliphatic carbocycles. The SMILES string of the molecule is C#CCN1CC(O[Si](c2ccccc2)(c2ccccc2)C(C)(C)C)C1. The second-order valence-corrected chi connectivity index (χ2v) is 12.1. The van der Waals surface area contributed by atoms with Crippen molar-refractivity contribution in [1.82, 2.24) is 4.90 Å². The number of benzene rings is 2. The molecule has 0 radical (unpaired) electrons. The zero-order valence-electron chi connectivity index (χ0n) is 15.4. The normalized spacial score (nSPS) is 16.2. The largest absolute Gasteiger partial charge is 0.402 e. The molecule has 0 saturated carbocycles. The van der Waals surface area contributed by atoms with E-state index in [4.69, 9.17) is 10.8 Å². The Morgan fingerprint density at radius 3 is 1.88 bits per heavy atom. The van der Waals surface area contributed by atoms with Crippen molar-refractivity contribution in [2.75, 3.05) is 19.6 Å². The van der Waals surface area contributed by atoms with E-state index in [2.05, 4.69) is 92.3 Å². The Labute approximate surface area is 153 Å². The van der Waals surface area contributed by atoms with E-state index in [9.17, 15) is 0 Å². The molecule has 3 heteroatoms. The van der Waals surface area contributed by atoms with Gasteiger partial charge in [-0.05, 0) is 15.4 Å². The zero-order valence-corrected chi connectivity index (χ0v) is 16.4. The monoisotopic (exact) mass is 349 g/mol. The van der Waals surface area contributed by atoms with Gasteiger partial charge < -0.3 is 4.43 Å². The Morgan fingerprint density at radius 1 is 1.00 bits per heavy atom. The highest BCUT2D eigenvalue weighted by Gasteiger charge is 2.52. The van der Waals surface area contributed by atoms with E-state index < -0.39 is 8.32 Å². The molecule has 1 aliphatic rings. The van der Waals surface area contributed by atoms with E-state index >= 15 is 0 Å². The summed E-state index contributed by atoms with van der Waals surface area (Å²) in [6.45, 7) is 9.51. The van der Waals surface area contributed by atoms with Crippen molar-refractivity contribution in [2.24, 2.45) is 0 Å². The fraction of sp³-hybridized carbons (Fsp3) is 0.364. The van der Waals surface area contributed by atoms with Crippen molar-refractivity contribution >= 4 is 18.7 Å². The van der Waals surface area contributed by atoms with Crippen LogP contribution in [0, 0.1) is 12.3 Å². The van der Waals surface area contributed by atoms with Crippen LogP contribution in [0.1, 0.15) is 20.8 Å². The topological polar surface area (TPSA) is 12.5 Å². The lowest BCUT2D eigenvalue weighted by Gasteiger charge is -2.49. The molecule has 25 heavy (non-hydrogen) atoms. The third-order valence-electron chi connectivity index (χ3n) is 5.00. The maximum Gasteiger partial charge on any atom is 0.261 e. The minimum Gasteiger partial charge on any atom is -0.402 e. The van der Waals surface area contributed by atoms with Crippen LogP contribution in [0.2, 0.25) is 5.04 Å². The molecule has 0 bridgehead atoms. The number of likely N-dealkylation sites (tertiary alicyclic amines) is 1. The van der Waals surface area contributed by atoms with Crippen molar-refractivity contribution in [3.05, 3.63) is 60.7 Å². The smallest absolute Gasteiger partial charge is 0.261 e. The molecule has 1 aliphatic heterocycles. The Balaban J connectivity index is 2.03. The van der Waals surface area contributed by atoms with Crippen LogP contribution in [-0.2, 0) is 4.43 Å². The first-order chi connectivity index (χ1) is 12.0. The van der Waals surface area contributed by atoms with Gasteiger partial charge in [-0.3, -0.25) is 4.90 Å². The van der Waals surface area contributed by atoms with Crippen LogP contribution in [0.25, 0.3) is 0 Å². The predicted molar refractivity (Wildman–Crippen MR) is 108 cm³/mol. The van der Waals surface area contributed by atoms with E-state index in [1.165, 1.54) is 10.4 Å². The average Bonchev–Trinajstić information content (AvgIpc) is 2.57. The van der Waals surface area contributed by atoms with Gasteiger partial charge >= 0.3 is 0 Å². The van der Waals surface area contributed by atoms with E-state index in [0.717, 1.165) is 13.1 Å². The highest BCUT2D eigenvalue weighted by molar-refractivity contribution is 6.99. The molecule has 0 spiro atoms. The quantitative estimate of drug-likeness (QED) is 0.608. The second-order valence-electron chi connectivity index (χ2n) is 7.80. The van der Waals surface area contributed by atoms with Gasteiger partial charge in [-0.15, -0.1) is 6.42 Å². The summed E-state index contributed by atoms with van der Waals surface area (Å²) in [5.41, 5.74) is 0. The molecular weight excluding hydrogens is 322 g/mol. The molecular formula is C22H27NOSi. The van der Waals surface area contributed by atoms with Gasteiger partial charge in [0, 0.05) is 13.1 Å². The van der Waals surface area contributed by atoms with Crippen molar-refractivity contribution in [2.45, 2.75) is 31.9 Å². The van der Waals surface area contributed by atoms with Crippen LogP contribution in [0.5, 0.6) is 0 Å². The summed E-state index contributed by atoms with van der Waals surface area (Å²) in [4.78, 5) is 2.27. The molecule has 0 unspecified atom stereocenters. The Kier molecular flexibility index (Phi) is 5.15. The average molecular weight is 350 g/mol. The minimum absolute atomic E-state index is 0.0300. The lowest BCUT2D eigenvalue weighted by atomic mass is 10.2. The molecule has 2 aromatic carbocycles. The van der Waals surface area contributed by atoms with Crippen molar-refractivity contribution in [3.63, 3.8) is 0 Å². The lowest BCUT2D eigenvalue weighted by Crippen LogP contribution is -2.70. The van der Waals surface area contributed by atoms with Crippen molar-refractivity contribution in [3.8, 4) is 12.3 Å². The van der Waals surface area contributed by atoms with Crippen LogP contribution in [-0.4, -0.2) is 39.0 Å². The summed E-state index contributed by atoms with van der Waals surface area (Å²) in [5.74, 6) is 2.73. The summed E-state index contributed by atoms with van der Waals surface area (Å²) in [7, 11) is -2.41. The first kappa shape index (κ1) is 17.9. The van der Waals surface area contributed by atoms with E-state index in [1.54, 1.807) is 0 Å². The Bertz CT molecular complexity index is 685. The Hall–Kier alpha value is -1.86. The third kappa shape index (κ3) is 3.43. The molecule has 0 N–H and O–H groups in total. The van der Waals surface area contributed by atoms with Gasteiger partial charge in [0.15, 0.2) is 0 Å². The van der Waals surface area contributed by atoms with Gasteiger partial charge in [0.25, 0.3) is 8.32 Å². The van der Waals surface area contributed by atoms with Crippen LogP contribution >= 0.6 is 0 Å². The summed E-state index contributed by atoms with van der Waals surface area (Å²) in [6, 6.07) is 21.6. The molecule has 2 nitrogen and oxygen atoms in total. The number of rotatable bonds is 5. The highest BCUT2D eigenvalue weighted by atomic mass is 28.4. The van der Waals surface area contributed by atoms with Crippen LogP contribution in [0.3, 0.4) is 0 Å².